The Bertz CT molecular complexity index is 377. The fraction of sp³-hybridized carbons (Fsp3) is 0.625. The van der Waals surface area contributed by atoms with Crippen molar-refractivity contribution >= 4 is 0 Å². The lowest BCUT2D eigenvalue weighted by Gasteiger charge is -2.33. The highest BCUT2D eigenvalue weighted by Crippen LogP contribution is 2.43. The summed E-state index contributed by atoms with van der Waals surface area (Å²) >= 11 is 0. The van der Waals surface area contributed by atoms with E-state index in [1.807, 2.05) is 0 Å². The van der Waals surface area contributed by atoms with Gasteiger partial charge in [0.1, 0.15) is 5.75 Å². The molecule has 1 aliphatic rings. The molecule has 94 valence electrons. The maximum atomic E-state index is 5.68. The highest BCUT2D eigenvalue weighted by molar-refractivity contribution is 5.45. The molecule has 1 aromatic carbocycles. The molecule has 1 aromatic rings. The average Bonchev–Trinajstić information content (AvgIpc) is 2.25. The minimum atomic E-state index is 0.526. The standard InChI is InChI=1S/C16H24O/c1-11(2)14-9-6-10-15(16(14)17-4)12(3)13-7-5-8-13/h6,9-13H,5,7-8H2,1-4H3. The highest BCUT2D eigenvalue weighted by Gasteiger charge is 2.27. The molecule has 17 heavy (non-hydrogen) atoms. The molecular formula is C16H24O. The van der Waals surface area contributed by atoms with E-state index in [2.05, 4.69) is 39.0 Å². The molecule has 1 aliphatic carbocycles. The van der Waals surface area contributed by atoms with Crippen molar-refractivity contribution in [2.24, 2.45) is 5.92 Å². The van der Waals surface area contributed by atoms with Gasteiger partial charge in [-0.25, -0.2) is 0 Å². The number of hydrogen-bond donors (Lipinski definition) is 0. The van der Waals surface area contributed by atoms with E-state index in [4.69, 9.17) is 4.74 Å². The molecule has 1 nitrogen and oxygen atoms in total. The van der Waals surface area contributed by atoms with Gasteiger partial charge in [0.15, 0.2) is 0 Å². The first-order valence-electron chi connectivity index (χ1n) is 6.82. The SMILES string of the molecule is COc1c(C(C)C)cccc1C(C)C1CCC1. The van der Waals surface area contributed by atoms with E-state index in [1.54, 1.807) is 7.11 Å². The van der Waals surface area contributed by atoms with E-state index in [0.717, 1.165) is 11.7 Å². The first kappa shape index (κ1) is 12.5. The number of para-hydroxylation sites is 1. The monoisotopic (exact) mass is 232 g/mol. The Morgan fingerprint density at radius 3 is 2.24 bits per heavy atom. The van der Waals surface area contributed by atoms with Crippen LogP contribution in [0.15, 0.2) is 18.2 Å². The van der Waals surface area contributed by atoms with Gasteiger partial charge < -0.3 is 4.74 Å². The van der Waals surface area contributed by atoms with E-state index in [0.29, 0.717) is 11.8 Å². The van der Waals surface area contributed by atoms with Crippen LogP contribution in [0.4, 0.5) is 0 Å². The summed E-state index contributed by atoms with van der Waals surface area (Å²) in [5, 5.41) is 0. The molecule has 0 aromatic heterocycles. The largest absolute Gasteiger partial charge is 0.496 e. The number of benzene rings is 1. The lowest BCUT2D eigenvalue weighted by atomic mass is 9.73. The molecule has 0 saturated heterocycles. The van der Waals surface area contributed by atoms with Gasteiger partial charge in [0.25, 0.3) is 0 Å². The Labute approximate surface area is 105 Å². The van der Waals surface area contributed by atoms with Gasteiger partial charge in [0, 0.05) is 0 Å². The lowest BCUT2D eigenvalue weighted by Crippen LogP contribution is -2.19. The zero-order valence-corrected chi connectivity index (χ0v) is 11.5. The zero-order valence-electron chi connectivity index (χ0n) is 11.5. The summed E-state index contributed by atoms with van der Waals surface area (Å²) in [4.78, 5) is 0. The third kappa shape index (κ3) is 2.34. The predicted octanol–water partition coefficient (Wildman–Crippen LogP) is 4.72. The normalized spacial score (nSPS) is 17.9. The number of rotatable bonds is 4. The van der Waals surface area contributed by atoms with Crippen molar-refractivity contribution < 1.29 is 4.74 Å². The Kier molecular flexibility index (Phi) is 3.76. The molecule has 0 amide bonds. The van der Waals surface area contributed by atoms with E-state index in [1.165, 1.54) is 30.4 Å². The molecule has 1 heteroatoms. The minimum Gasteiger partial charge on any atom is -0.496 e. The molecule has 0 aliphatic heterocycles. The second kappa shape index (κ2) is 5.12. The van der Waals surface area contributed by atoms with Gasteiger partial charge in [-0.1, -0.05) is 45.4 Å². The van der Waals surface area contributed by atoms with Crippen LogP contribution in [0.2, 0.25) is 0 Å². The van der Waals surface area contributed by atoms with Crippen molar-refractivity contribution in [3.05, 3.63) is 29.3 Å². The fourth-order valence-electron chi connectivity index (χ4n) is 2.82. The minimum absolute atomic E-state index is 0.526. The van der Waals surface area contributed by atoms with E-state index >= 15 is 0 Å². The molecule has 1 atom stereocenters. The van der Waals surface area contributed by atoms with Crippen LogP contribution in [0, 0.1) is 5.92 Å². The van der Waals surface area contributed by atoms with Gasteiger partial charge in [0.2, 0.25) is 0 Å². The highest BCUT2D eigenvalue weighted by atomic mass is 16.5. The van der Waals surface area contributed by atoms with Gasteiger partial charge in [-0.3, -0.25) is 0 Å². The van der Waals surface area contributed by atoms with Crippen LogP contribution in [-0.2, 0) is 0 Å². The zero-order chi connectivity index (χ0) is 12.4. The lowest BCUT2D eigenvalue weighted by molar-refractivity contribution is 0.267. The maximum Gasteiger partial charge on any atom is 0.125 e. The van der Waals surface area contributed by atoms with Crippen molar-refractivity contribution in [2.75, 3.05) is 7.11 Å². The topological polar surface area (TPSA) is 9.23 Å². The van der Waals surface area contributed by atoms with Crippen LogP contribution < -0.4 is 4.74 Å². The van der Waals surface area contributed by atoms with E-state index in [-0.39, 0.29) is 0 Å². The van der Waals surface area contributed by atoms with Crippen molar-refractivity contribution in [3.63, 3.8) is 0 Å². The van der Waals surface area contributed by atoms with Crippen LogP contribution in [-0.4, -0.2) is 7.11 Å². The van der Waals surface area contributed by atoms with Crippen molar-refractivity contribution in [2.45, 2.75) is 51.9 Å². The Balaban J connectivity index is 2.35. The number of hydrogen-bond acceptors (Lipinski definition) is 1. The van der Waals surface area contributed by atoms with Gasteiger partial charge in [-0.15, -0.1) is 0 Å². The first-order chi connectivity index (χ1) is 8.15. The van der Waals surface area contributed by atoms with Crippen molar-refractivity contribution in [3.8, 4) is 5.75 Å². The van der Waals surface area contributed by atoms with Crippen molar-refractivity contribution in [1.82, 2.24) is 0 Å². The van der Waals surface area contributed by atoms with E-state index in [9.17, 15) is 0 Å². The third-order valence-corrected chi connectivity index (χ3v) is 4.25. The molecule has 0 bridgehead atoms. The van der Waals surface area contributed by atoms with E-state index < -0.39 is 0 Å². The summed E-state index contributed by atoms with van der Waals surface area (Å²) in [6.45, 7) is 6.82. The molecule has 0 heterocycles. The maximum absolute atomic E-state index is 5.68. The molecule has 2 rings (SSSR count). The van der Waals surface area contributed by atoms with Gasteiger partial charge in [0.05, 0.1) is 7.11 Å². The summed E-state index contributed by atoms with van der Waals surface area (Å²) in [5.41, 5.74) is 2.75. The number of ether oxygens (including phenoxy) is 1. The third-order valence-electron chi connectivity index (χ3n) is 4.25. The molecular weight excluding hydrogens is 208 g/mol. The molecule has 0 radical (unpaired) electrons. The van der Waals surface area contributed by atoms with Crippen LogP contribution in [0.25, 0.3) is 0 Å². The summed E-state index contributed by atoms with van der Waals surface area (Å²) in [6, 6.07) is 6.62. The predicted molar refractivity (Wildman–Crippen MR) is 72.8 cm³/mol. The average molecular weight is 232 g/mol. The quantitative estimate of drug-likeness (QED) is 0.729. The summed E-state index contributed by atoms with van der Waals surface area (Å²) in [5.74, 6) is 3.16. The summed E-state index contributed by atoms with van der Waals surface area (Å²) in [7, 11) is 1.80. The Morgan fingerprint density at radius 1 is 1.12 bits per heavy atom. The Morgan fingerprint density at radius 2 is 1.76 bits per heavy atom. The second-order valence-electron chi connectivity index (χ2n) is 5.60. The van der Waals surface area contributed by atoms with Crippen LogP contribution in [0.1, 0.15) is 63.0 Å². The molecule has 1 fully saturated rings. The smallest absolute Gasteiger partial charge is 0.125 e. The van der Waals surface area contributed by atoms with Gasteiger partial charge >= 0.3 is 0 Å². The first-order valence-corrected chi connectivity index (χ1v) is 6.82. The molecule has 1 saturated carbocycles. The van der Waals surface area contributed by atoms with Crippen LogP contribution in [0.5, 0.6) is 5.75 Å². The summed E-state index contributed by atoms with van der Waals surface area (Å²) in [6.07, 6.45) is 4.17. The van der Waals surface area contributed by atoms with Gasteiger partial charge in [-0.05, 0) is 41.7 Å². The second-order valence-corrected chi connectivity index (χ2v) is 5.60. The molecule has 0 spiro atoms. The Hall–Kier alpha value is -0.980. The number of methoxy groups -OCH3 is 1. The van der Waals surface area contributed by atoms with Crippen LogP contribution >= 0.6 is 0 Å². The summed E-state index contributed by atoms with van der Waals surface area (Å²) < 4.78 is 5.68. The molecule has 1 unspecified atom stereocenters. The van der Waals surface area contributed by atoms with Gasteiger partial charge in [-0.2, -0.15) is 0 Å². The van der Waals surface area contributed by atoms with Crippen molar-refractivity contribution in [1.29, 1.82) is 0 Å². The molecule has 0 N–H and O–H groups in total. The van der Waals surface area contributed by atoms with Crippen LogP contribution in [0.3, 0.4) is 0 Å². The fourth-order valence-corrected chi connectivity index (χ4v) is 2.82.